The summed E-state index contributed by atoms with van der Waals surface area (Å²) in [5.74, 6) is 1.40. The molecule has 0 spiro atoms. The van der Waals surface area contributed by atoms with Crippen molar-refractivity contribution in [1.29, 1.82) is 0 Å². The second kappa shape index (κ2) is 17.5. The molecule has 5 aromatic rings. The Morgan fingerprint density at radius 2 is 1.15 bits per heavy atom. The first-order valence-corrected chi connectivity index (χ1v) is 20.7. The first-order valence-electron chi connectivity index (χ1n) is 20.7. The molecule has 2 aliphatic heterocycles. The van der Waals surface area contributed by atoms with Gasteiger partial charge >= 0.3 is 12.2 Å². The van der Waals surface area contributed by atoms with Crippen molar-refractivity contribution in [2.45, 2.75) is 78.6 Å². The molecule has 2 saturated heterocycles. The number of benzene rings is 2. The first kappa shape index (κ1) is 41.9. The van der Waals surface area contributed by atoms with Crippen LogP contribution >= 0.6 is 0 Å². The summed E-state index contributed by atoms with van der Waals surface area (Å²) in [6.07, 6.45) is 3.82. The molecule has 3 aromatic heterocycles. The SMILES string of the molecule is COC(=O)N[C@H](C(=O)N1C[C@@H](C)C[C@H]1c1ncc(-c2ccc(-c3ccc4nc(-c5cnc([C@@H]6C[C@H](C)CN6C(=O)[C@@H](NC(=O)OC)C(C)C)[nH]5)ccc4c3)cc2)[nH]1)C(C)C. The number of fused-ring (bicyclic) bond motifs is 1. The minimum atomic E-state index is -0.713. The fourth-order valence-corrected chi connectivity index (χ4v) is 8.44. The lowest BCUT2D eigenvalue weighted by molar-refractivity contribution is -0.136. The van der Waals surface area contributed by atoms with E-state index in [1.165, 1.54) is 14.2 Å². The average molecular weight is 818 g/mol. The van der Waals surface area contributed by atoms with Crippen LogP contribution in [-0.4, -0.2) is 98.1 Å². The minimum absolute atomic E-state index is 0.117. The van der Waals surface area contributed by atoms with Gasteiger partial charge in [0.15, 0.2) is 0 Å². The van der Waals surface area contributed by atoms with Crippen LogP contribution in [0.25, 0.3) is 44.7 Å². The largest absolute Gasteiger partial charge is 0.453 e. The molecular formula is C45H55N9O6. The van der Waals surface area contributed by atoms with E-state index in [-0.39, 0.29) is 47.6 Å². The number of carbonyl (C=O) groups excluding carboxylic acids is 4. The lowest BCUT2D eigenvalue weighted by atomic mass is 10.0. The Kier molecular flexibility index (Phi) is 12.2. The highest BCUT2D eigenvalue weighted by Crippen LogP contribution is 2.38. The van der Waals surface area contributed by atoms with Gasteiger partial charge < -0.3 is 39.9 Å². The number of alkyl carbamates (subject to hydrolysis) is 2. The van der Waals surface area contributed by atoms with E-state index < -0.39 is 24.3 Å². The summed E-state index contributed by atoms with van der Waals surface area (Å²) in [4.78, 5) is 76.4. The van der Waals surface area contributed by atoms with Gasteiger partial charge in [-0.3, -0.25) is 9.59 Å². The van der Waals surface area contributed by atoms with Crippen molar-refractivity contribution >= 4 is 34.9 Å². The quantitative estimate of drug-likeness (QED) is 0.106. The number of H-pyrrole nitrogens is 2. The number of methoxy groups -OCH3 is 2. The topological polar surface area (TPSA) is 188 Å². The van der Waals surface area contributed by atoms with Crippen LogP contribution in [0.2, 0.25) is 0 Å². The highest BCUT2D eigenvalue weighted by molar-refractivity contribution is 5.88. The van der Waals surface area contributed by atoms with E-state index in [9.17, 15) is 19.2 Å². The highest BCUT2D eigenvalue weighted by Gasteiger charge is 2.41. The summed E-state index contributed by atoms with van der Waals surface area (Å²) in [7, 11) is 2.58. The first-order chi connectivity index (χ1) is 28.7. The van der Waals surface area contributed by atoms with Crippen molar-refractivity contribution in [3.05, 3.63) is 78.6 Å². The fraction of sp³-hybridized carbons (Fsp3) is 0.444. The van der Waals surface area contributed by atoms with Gasteiger partial charge in [0.2, 0.25) is 11.8 Å². The summed E-state index contributed by atoms with van der Waals surface area (Å²) in [6.45, 7) is 13.0. The molecule has 4 amide bonds. The smallest absolute Gasteiger partial charge is 0.407 e. The molecule has 7 rings (SSSR count). The van der Waals surface area contributed by atoms with Gasteiger partial charge in [-0.2, -0.15) is 0 Å². The van der Waals surface area contributed by atoms with Crippen LogP contribution in [0, 0.1) is 23.7 Å². The van der Waals surface area contributed by atoms with Crippen LogP contribution in [0.5, 0.6) is 0 Å². The van der Waals surface area contributed by atoms with E-state index in [1.807, 2.05) is 61.9 Å². The van der Waals surface area contributed by atoms with Gasteiger partial charge in [0, 0.05) is 18.5 Å². The zero-order valence-electron chi connectivity index (χ0n) is 35.5. The molecule has 2 aliphatic rings. The number of carbonyl (C=O) groups is 4. The Morgan fingerprint density at radius 3 is 1.67 bits per heavy atom. The van der Waals surface area contributed by atoms with Crippen molar-refractivity contribution in [3.8, 4) is 33.8 Å². The Bertz CT molecular complexity index is 2350. The molecule has 2 aromatic carbocycles. The third-order valence-electron chi connectivity index (χ3n) is 11.7. The molecule has 0 unspecified atom stereocenters. The number of aromatic nitrogens is 5. The van der Waals surface area contributed by atoms with Gasteiger partial charge in [0.25, 0.3) is 0 Å². The molecule has 0 radical (unpaired) electrons. The minimum Gasteiger partial charge on any atom is -0.453 e. The number of amides is 4. The van der Waals surface area contributed by atoms with Crippen molar-refractivity contribution in [1.82, 2.24) is 45.4 Å². The molecule has 0 saturated carbocycles. The van der Waals surface area contributed by atoms with Crippen LogP contribution in [-0.2, 0) is 19.1 Å². The zero-order valence-corrected chi connectivity index (χ0v) is 35.5. The lowest BCUT2D eigenvalue weighted by Crippen LogP contribution is -2.51. The van der Waals surface area contributed by atoms with Gasteiger partial charge in [-0.15, -0.1) is 0 Å². The molecule has 6 atom stereocenters. The normalized spacial score (nSPS) is 20.1. The maximum atomic E-state index is 13.7. The van der Waals surface area contributed by atoms with E-state index >= 15 is 0 Å². The third-order valence-corrected chi connectivity index (χ3v) is 11.7. The number of pyridine rings is 1. The third kappa shape index (κ3) is 8.70. The molecule has 4 N–H and O–H groups in total. The summed E-state index contributed by atoms with van der Waals surface area (Å²) in [6, 6.07) is 16.6. The summed E-state index contributed by atoms with van der Waals surface area (Å²) >= 11 is 0. The predicted octanol–water partition coefficient (Wildman–Crippen LogP) is 7.26. The molecule has 15 heteroatoms. The maximum Gasteiger partial charge on any atom is 0.407 e. The number of ether oxygens (including phenoxy) is 2. The van der Waals surface area contributed by atoms with Gasteiger partial charge in [0.1, 0.15) is 23.7 Å². The number of likely N-dealkylation sites (tertiary alicyclic amines) is 2. The lowest BCUT2D eigenvalue weighted by Gasteiger charge is -2.30. The van der Waals surface area contributed by atoms with Crippen molar-refractivity contribution in [2.75, 3.05) is 27.3 Å². The molecule has 5 heterocycles. The van der Waals surface area contributed by atoms with Gasteiger partial charge in [-0.1, -0.05) is 77.9 Å². The Labute approximate surface area is 350 Å². The molecule has 0 aliphatic carbocycles. The van der Waals surface area contributed by atoms with Crippen LogP contribution in [0.1, 0.15) is 78.1 Å². The van der Waals surface area contributed by atoms with Crippen LogP contribution in [0.15, 0.2) is 67.0 Å². The number of hydrogen-bond donors (Lipinski definition) is 4. The highest BCUT2D eigenvalue weighted by atomic mass is 16.5. The van der Waals surface area contributed by atoms with Gasteiger partial charge in [0.05, 0.1) is 61.3 Å². The van der Waals surface area contributed by atoms with E-state index in [2.05, 4.69) is 70.8 Å². The zero-order chi connectivity index (χ0) is 42.8. The van der Waals surface area contributed by atoms with Crippen molar-refractivity contribution in [2.24, 2.45) is 23.7 Å². The summed E-state index contributed by atoms with van der Waals surface area (Å²) in [5, 5.41) is 6.41. The number of rotatable bonds is 11. The average Bonchev–Trinajstić information content (AvgIpc) is 4.07. The number of nitrogens with zero attached hydrogens (tertiary/aromatic N) is 5. The van der Waals surface area contributed by atoms with Gasteiger partial charge in [-0.05, 0) is 71.4 Å². The predicted molar refractivity (Wildman–Crippen MR) is 227 cm³/mol. The Morgan fingerprint density at radius 1 is 0.667 bits per heavy atom. The number of imidazole rings is 2. The molecule has 60 heavy (non-hydrogen) atoms. The number of hydrogen-bond acceptors (Lipinski definition) is 9. The fourth-order valence-electron chi connectivity index (χ4n) is 8.44. The van der Waals surface area contributed by atoms with Crippen LogP contribution < -0.4 is 10.6 Å². The van der Waals surface area contributed by atoms with Gasteiger partial charge in [-0.25, -0.2) is 24.5 Å². The maximum absolute atomic E-state index is 13.7. The molecule has 0 bridgehead atoms. The van der Waals surface area contributed by atoms with Crippen LogP contribution in [0.3, 0.4) is 0 Å². The van der Waals surface area contributed by atoms with E-state index in [0.29, 0.717) is 18.9 Å². The monoisotopic (exact) mass is 817 g/mol. The second-order valence-corrected chi connectivity index (χ2v) is 17.0. The van der Waals surface area contributed by atoms with Crippen LogP contribution in [0.4, 0.5) is 9.59 Å². The second-order valence-electron chi connectivity index (χ2n) is 17.0. The van der Waals surface area contributed by atoms with Crippen molar-refractivity contribution < 1.29 is 28.7 Å². The summed E-state index contributed by atoms with van der Waals surface area (Å²) < 4.78 is 9.56. The van der Waals surface area contributed by atoms with E-state index in [4.69, 9.17) is 24.4 Å². The molecular weight excluding hydrogens is 763 g/mol. The van der Waals surface area contributed by atoms with E-state index in [1.54, 1.807) is 6.20 Å². The van der Waals surface area contributed by atoms with E-state index in [0.717, 1.165) is 63.3 Å². The molecule has 2 fully saturated rings. The molecule has 15 nitrogen and oxygen atoms in total. The summed E-state index contributed by atoms with van der Waals surface area (Å²) in [5.41, 5.74) is 6.25. The number of nitrogens with one attached hydrogen (secondary N) is 4. The van der Waals surface area contributed by atoms with Crippen molar-refractivity contribution in [3.63, 3.8) is 0 Å². The number of aromatic amines is 2. The Balaban J connectivity index is 1.04. The Hall–Kier alpha value is -6.25. The standard InChI is InChI=1S/C45H55N9O6/c1-24(2)38(51-44(57)59-7)42(55)53-22-26(5)17-36(53)40-46-20-34(49-40)29-11-9-28(10-12-29)30-13-15-32-31(19-30)14-16-33(48-32)35-21-47-41(50-35)37-18-27(6)23-54(37)43(56)39(25(3)4)52-45(58)60-8/h9-16,19-21,24-27,36-39H,17-18,22-23H2,1-8H3,(H,46,49)(H,47,50)(H,51,57)(H,52,58)/t26-,27-,36-,37-,38-,39-/m0/s1. The molecule has 316 valence electrons.